The van der Waals surface area contributed by atoms with E-state index in [9.17, 15) is 14.4 Å². The Balaban J connectivity index is 2.30. The van der Waals surface area contributed by atoms with Crippen LogP contribution in [0.5, 0.6) is 0 Å². The fraction of sp³-hybridized carbons (Fsp3) is 0.750. The molecule has 1 atom stereocenters. The Morgan fingerprint density at radius 2 is 1.95 bits per heavy atom. The van der Waals surface area contributed by atoms with E-state index in [1.165, 1.54) is 11.8 Å². The number of nitrogens with one attached hydrogen (secondary N) is 2. The molecule has 1 rings (SSSR count). The number of carbonyl (C=O) groups excluding carboxylic acids is 2. The number of carbonyl (C=O) groups is 3. The number of urea groups is 1. The molecule has 0 unspecified atom stereocenters. The topological polar surface area (TPSA) is 98.7 Å². The molecule has 0 aromatic heterocycles. The van der Waals surface area contributed by atoms with Gasteiger partial charge in [-0.2, -0.15) is 11.8 Å². The SMILES string of the molecule is CSCC[C@@H](NC(=O)NCC(=O)N1CCCC1)C(=O)O. The molecule has 0 radical (unpaired) electrons. The van der Waals surface area contributed by atoms with Crippen molar-refractivity contribution in [1.82, 2.24) is 15.5 Å². The maximum Gasteiger partial charge on any atom is 0.326 e. The minimum atomic E-state index is -1.07. The summed E-state index contributed by atoms with van der Waals surface area (Å²) in [5, 5.41) is 13.7. The number of rotatable bonds is 7. The van der Waals surface area contributed by atoms with E-state index >= 15 is 0 Å². The van der Waals surface area contributed by atoms with Gasteiger partial charge in [0.05, 0.1) is 6.54 Å². The summed E-state index contributed by atoms with van der Waals surface area (Å²) < 4.78 is 0. The van der Waals surface area contributed by atoms with Crippen LogP contribution in [0.15, 0.2) is 0 Å². The van der Waals surface area contributed by atoms with Crippen molar-refractivity contribution in [3.8, 4) is 0 Å². The number of hydrogen-bond acceptors (Lipinski definition) is 4. The monoisotopic (exact) mass is 303 g/mol. The Hall–Kier alpha value is -1.44. The average molecular weight is 303 g/mol. The van der Waals surface area contributed by atoms with Crippen LogP contribution in [0, 0.1) is 0 Å². The van der Waals surface area contributed by atoms with E-state index in [2.05, 4.69) is 10.6 Å². The average Bonchev–Trinajstić information content (AvgIpc) is 2.94. The van der Waals surface area contributed by atoms with Crippen LogP contribution in [0.25, 0.3) is 0 Å². The van der Waals surface area contributed by atoms with Crippen molar-refractivity contribution in [2.75, 3.05) is 31.6 Å². The molecule has 1 aliphatic heterocycles. The van der Waals surface area contributed by atoms with Crippen molar-refractivity contribution in [1.29, 1.82) is 0 Å². The molecule has 0 aliphatic carbocycles. The van der Waals surface area contributed by atoms with Crippen LogP contribution in [0.2, 0.25) is 0 Å². The molecule has 8 heteroatoms. The number of carboxylic acids is 1. The lowest BCUT2D eigenvalue weighted by molar-refractivity contribution is -0.139. The Kier molecular flexibility index (Phi) is 7.21. The van der Waals surface area contributed by atoms with Gasteiger partial charge in [-0.25, -0.2) is 9.59 Å². The zero-order valence-electron chi connectivity index (χ0n) is 11.6. The van der Waals surface area contributed by atoms with Crippen LogP contribution < -0.4 is 10.6 Å². The highest BCUT2D eigenvalue weighted by atomic mass is 32.2. The third-order valence-electron chi connectivity index (χ3n) is 3.07. The number of amides is 3. The highest BCUT2D eigenvalue weighted by molar-refractivity contribution is 7.98. The molecular weight excluding hydrogens is 282 g/mol. The summed E-state index contributed by atoms with van der Waals surface area (Å²) in [5.41, 5.74) is 0. The maximum atomic E-state index is 11.7. The van der Waals surface area contributed by atoms with Gasteiger partial charge in [0.1, 0.15) is 6.04 Å². The van der Waals surface area contributed by atoms with E-state index in [1.807, 2.05) is 6.26 Å². The Morgan fingerprint density at radius 1 is 1.30 bits per heavy atom. The molecular formula is C12H21N3O4S. The molecule has 0 saturated carbocycles. The molecule has 1 aliphatic rings. The summed E-state index contributed by atoms with van der Waals surface area (Å²) in [7, 11) is 0. The summed E-state index contributed by atoms with van der Waals surface area (Å²) in [6, 6.07) is -1.55. The number of carboxylic acid groups (broad SMARTS) is 1. The van der Waals surface area contributed by atoms with Crippen LogP contribution in [-0.2, 0) is 9.59 Å². The van der Waals surface area contributed by atoms with Crippen molar-refractivity contribution >= 4 is 29.7 Å². The minimum Gasteiger partial charge on any atom is -0.480 e. The fourth-order valence-electron chi connectivity index (χ4n) is 1.94. The first-order valence-corrected chi connectivity index (χ1v) is 7.98. The Morgan fingerprint density at radius 3 is 2.50 bits per heavy atom. The predicted octanol–water partition coefficient (Wildman–Crippen LogP) is 0.114. The van der Waals surface area contributed by atoms with Gasteiger partial charge in [-0.1, -0.05) is 0 Å². The van der Waals surface area contributed by atoms with Crippen molar-refractivity contribution in [2.24, 2.45) is 0 Å². The van der Waals surface area contributed by atoms with Crippen LogP contribution in [0.3, 0.4) is 0 Å². The van der Waals surface area contributed by atoms with E-state index < -0.39 is 18.0 Å². The molecule has 114 valence electrons. The van der Waals surface area contributed by atoms with Crippen LogP contribution in [0.1, 0.15) is 19.3 Å². The van der Waals surface area contributed by atoms with Crippen molar-refractivity contribution in [2.45, 2.75) is 25.3 Å². The fourth-order valence-corrected chi connectivity index (χ4v) is 2.41. The second kappa shape index (κ2) is 8.68. The van der Waals surface area contributed by atoms with Gasteiger partial charge in [-0.3, -0.25) is 4.79 Å². The Labute approximate surface area is 122 Å². The standard InChI is InChI=1S/C12H21N3O4S/c1-20-7-4-9(11(17)18)14-12(19)13-8-10(16)15-5-2-3-6-15/h9H,2-8H2,1H3,(H,17,18)(H2,13,14,19)/t9-/m1/s1. The molecule has 0 spiro atoms. The molecule has 0 aromatic carbocycles. The van der Waals surface area contributed by atoms with Crippen molar-refractivity contribution in [3.63, 3.8) is 0 Å². The van der Waals surface area contributed by atoms with Gasteiger partial charge in [0.2, 0.25) is 5.91 Å². The third kappa shape index (κ3) is 5.68. The quantitative estimate of drug-likeness (QED) is 0.620. The van der Waals surface area contributed by atoms with Gasteiger partial charge < -0.3 is 20.6 Å². The first-order chi connectivity index (χ1) is 9.54. The molecule has 0 bridgehead atoms. The van der Waals surface area contributed by atoms with Crippen LogP contribution in [-0.4, -0.2) is 65.6 Å². The molecule has 7 nitrogen and oxygen atoms in total. The second-order valence-electron chi connectivity index (χ2n) is 4.59. The van der Waals surface area contributed by atoms with Crippen molar-refractivity contribution in [3.05, 3.63) is 0 Å². The minimum absolute atomic E-state index is 0.0965. The van der Waals surface area contributed by atoms with Gasteiger partial charge in [-0.15, -0.1) is 0 Å². The summed E-state index contributed by atoms with van der Waals surface area (Å²) in [6.45, 7) is 1.36. The normalized spacial score (nSPS) is 15.8. The van der Waals surface area contributed by atoms with Crippen LogP contribution in [0.4, 0.5) is 4.79 Å². The van der Waals surface area contributed by atoms with Gasteiger partial charge >= 0.3 is 12.0 Å². The first kappa shape index (κ1) is 16.6. The van der Waals surface area contributed by atoms with E-state index in [4.69, 9.17) is 5.11 Å². The van der Waals surface area contributed by atoms with Gasteiger partial charge in [0.25, 0.3) is 0 Å². The second-order valence-corrected chi connectivity index (χ2v) is 5.57. The number of thioether (sulfide) groups is 1. The lowest BCUT2D eigenvalue weighted by atomic mass is 10.2. The molecule has 3 N–H and O–H groups in total. The molecule has 1 saturated heterocycles. The van der Waals surface area contributed by atoms with Gasteiger partial charge in [0, 0.05) is 13.1 Å². The van der Waals surface area contributed by atoms with E-state index in [1.54, 1.807) is 4.90 Å². The zero-order chi connectivity index (χ0) is 15.0. The van der Waals surface area contributed by atoms with E-state index in [0.29, 0.717) is 12.2 Å². The highest BCUT2D eigenvalue weighted by Crippen LogP contribution is 2.06. The summed E-state index contributed by atoms with van der Waals surface area (Å²) >= 11 is 1.51. The number of aliphatic carboxylic acids is 1. The number of hydrogen-bond donors (Lipinski definition) is 3. The zero-order valence-corrected chi connectivity index (χ0v) is 12.4. The molecule has 0 aromatic rings. The smallest absolute Gasteiger partial charge is 0.326 e. The lowest BCUT2D eigenvalue weighted by Gasteiger charge is -2.17. The molecule has 1 heterocycles. The largest absolute Gasteiger partial charge is 0.480 e. The number of likely N-dealkylation sites (tertiary alicyclic amines) is 1. The maximum absolute atomic E-state index is 11.7. The number of nitrogens with zero attached hydrogens (tertiary/aromatic N) is 1. The van der Waals surface area contributed by atoms with Gasteiger partial charge in [0.15, 0.2) is 0 Å². The third-order valence-corrected chi connectivity index (χ3v) is 3.72. The predicted molar refractivity (Wildman–Crippen MR) is 76.8 cm³/mol. The van der Waals surface area contributed by atoms with Crippen molar-refractivity contribution < 1.29 is 19.5 Å². The van der Waals surface area contributed by atoms with Crippen LogP contribution >= 0.6 is 11.8 Å². The highest BCUT2D eigenvalue weighted by Gasteiger charge is 2.21. The molecule has 20 heavy (non-hydrogen) atoms. The van der Waals surface area contributed by atoms with E-state index in [-0.39, 0.29) is 12.5 Å². The van der Waals surface area contributed by atoms with Gasteiger partial charge in [-0.05, 0) is 31.3 Å². The summed E-state index contributed by atoms with van der Waals surface area (Å²) in [6.07, 6.45) is 4.21. The first-order valence-electron chi connectivity index (χ1n) is 6.58. The molecule has 1 fully saturated rings. The molecule has 3 amide bonds. The lowest BCUT2D eigenvalue weighted by Crippen LogP contribution is -2.48. The summed E-state index contributed by atoms with van der Waals surface area (Å²) in [5.74, 6) is -0.557. The van der Waals surface area contributed by atoms with E-state index in [0.717, 1.165) is 25.9 Å². The summed E-state index contributed by atoms with van der Waals surface area (Å²) in [4.78, 5) is 35.9. The Bertz CT molecular complexity index is 359.